The number of aliphatic hydroxyl groups excluding tert-OH is 4. The molecule has 100 valence electrons. The Kier molecular flexibility index (Phi) is 3.70. The fourth-order valence-corrected chi connectivity index (χ4v) is 2.22. The average molecular weight is 254 g/mol. The highest BCUT2D eigenvalue weighted by atomic mass is 16.5. The molecule has 1 aromatic carbocycles. The lowest BCUT2D eigenvalue weighted by atomic mass is 9.82. The first kappa shape index (κ1) is 13.5. The largest absolute Gasteiger partial charge is 0.393 e. The minimum Gasteiger partial charge on any atom is -0.393 e. The number of aryl methyl sites for hydroxylation is 1. The van der Waals surface area contributed by atoms with Crippen molar-refractivity contribution in [2.24, 2.45) is 0 Å². The zero-order chi connectivity index (χ0) is 13.3. The molecular formula is C13H18O5. The molecule has 1 fully saturated rings. The number of hydrogen-bond acceptors (Lipinski definition) is 5. The van der Waals surface area contributed by atoms with Crippen LogP contribution < -0.4 is 0 Å². The summed E-state index contributed by atoms with van der Waals surface area (Å²) in [6.07, 6.45) is -3.87. The molecule has 1 saturated heterocycles. The molecule has 5 heteroatoms. The molecule has 0 spiro atoms. The summed E-state index contributed by atoms with van der Waals surface area (Å²) < 4.78 is 5.43. The number of rotatable bonds is 2. The summed E-state index contributed by atoms with van der Waals surface area (Å²) in [5, 5.41) is 38.8. The van der Waals surface area contributed by atoms with Crippen molar-refractivity contribution in [1.29, 1.82) is 0 Å². The molecule has 4 atom stereocenters. The third-order valence-electron chi connectivity index (χ3n) is 3.48. The molecule has 0 saturated carbocycles. The van der Waals surface area contributed by atoms with Crippen LogP contribution in [0, 0.1) is 6.92 Å². The second kappa shape index (κ2) is 4.95. The van der Waals surface area contributed by atoms with E-state index in [-0.39, 0.29) is 6.61 Å². The van der Waals surface area contributed by atoms with Gasteiger partial charge in [0.1, 0.15) is 23.9 Å². The fraction of sp³-hybridized carbons (Fsp3) is 0.538. The third kappa shape index (κ3) is 2.04. The highest BCUT2D eigenvalue weighted by molar-refractivity contribution is 5.29. The first-order valence-corrected chi connectivity index (χ1v) is 5.87. The molecule has 0 amide bonds. The third-order valence-corrected chi connectivity index (χ3v) is 3.48. The van der Waals surface area contributed by atoms with Gasteiger partial charge in [-0.25, -0.2) is 0 Å². The molecule has 18 heavy (non-hydrogen) atoms. The van der Waals surface area contributed by atoms with Gasteiger partial charge in [0, 0.05) is 0 Å². The highest BCUT2D eigenvalue weighted by Crippen LogP contribution is 2.35. The summed E-state index contributed by atoms with van der Waals surface area (Å²) >= 11 is 0. The number of aliphatic hydroxyl groups is 4. The van der Waals surface area contributed by atoms with Gasteiger partial charge in [0.2, 0.25) is 0 Å². The van der Waals surface area contributed by atoms with Gasteiger partial charge in [0.15, 0.2) is 0 Å². The maximum atomic E-state index is 10.1. The van der Waals surface area contributed by atoms with Gasteiger partial charge in [-0.15, -0.1) is 0 Å². The Labute approximate surface area is 105 Å². The van der Waals surface area contributed by atoms with Crippen molar-refractivity contribution in [1.82, 2.24) is 0 Å². The average Bonchev–Trinajstić information content (AvgIpc) is 2.38. The van der Waals surface area contributed by atoms with Crippen LogP contribution in [0.4, 0.5) is 0 Å². The van der Waals surface area contributed by atoms with Crippen LogP contribution in [0.1, 0.15) is 11.1 Å². The minimum absolute atomic E-state index is 0.132. The van der Waals surface area contributed by atoms with Crippen molar-refractivity contribution >= 4 is 0 Å². The molecule has 0 aromatic heterocycles. The van der Waals surface area contributed by atoms with E-state index in [0.29, 0.717) is 5.56 Å². The normalized spacial score (nSPS) is 36.6. The molecule has 4 N–H and O–H groups in total. The van der Waals surface area contributed by atoms with Crippen LogP contribution in [0.5, 0.6) is 0 Å². The van der Waals surface area contributed by atoms with Gasteiger partial charge >= 0.3 is 0 Å². The molecule has 1 aromatic rings. The Bertz CT molecular complexity index is 404. The van der Waals surface area contributed by atoms with Crippen LogP contribution in [0.15, 0.2) is 24.3 Å². The maximum absolute atomic E-state index is 10.1. The Morgan fingerprint density at radius 3 is 2.39 bits per heavy atom. The SMILES string of the molecule is Cc1ccc([C@]2(CO)OC[C@@H](O)[C@@H](O)[C@@H]2O)cc1. The lowest BCUT2D eigenvalue weighted by Gasteiger charge is -2.44. The van der Waals surface area contributed by atoms with E-state index in [9.17, 15) is 20.4 Å². The molecule has 5 nitrogen and oxygen atoms in total. The Morgan fingerprint density at radius 1 is 1.22 bits per heavy atom. The first-order valence-electron chi connectivity index (χ1n) is 5.87. The van der Waals surface area contributed by atoms with Crippen LogP contribution in [0.25, 0.3) is 0 Å². The van der Waals surface area contributed by atoms with Gasteiger partial charge in [-0.2, -0.15) is 0 Å². The first-order chi connectivity index (χ1) is 8.51. The van der Waals surface area contributed by atoms with E-state index in [0.717, 1.165) is 5.56 Å². The lowest BCUT2D eigenvalue weighted by Crippen LogP contribution is -2.60. The summed E-state index contributed by atoms with van der Waals surface area (Å²) in [5.41, 5.74) is 0.235. The monoisotopic (exact) mass is 254 g/mol. The lowest BCUT2D eigenvalue weighted by molar-refractivity contribution is -0.252. The van der Waals surface area contributed by atoms with E-state index in [1.54, 1.807) is 12.1 Å². The van der Waals surface area contributed by atoms with Crippen molar-refractivity contribution in [3.05, 3.63) is 35.4 Å². The van der Waals surface area contributed by atoms with Crippen LogP contribution in [0.3, 0.4) is 0 Å². The van der Waals surface area contributed by atoms with Gasteiger partial charge < -0.3 is 25.2 Å². The molecule has 0 bridgehead atoms. The number of ether oxygens (including phenoxy) is 1. The molecule has 0 aliphatic carbocycles. The van der Waals surface area contributed by atoms with E-state index in [4.69, 9.17) is 4.74 Å². The summed E-state index contributed by atoms with van der Waals surface area (Å²) in [6.45, 7) is 1.32. The van der Waals surface area contributed by atoms with Crippen molar-refractivity contribution in [2.45, 2.75) is 30.8 Å². The molecular weight excluding hydrogens is 236 g/mol. The second-order valence-electron chi connectivity index (χ2n) is 4.73. The minimum atomic E-state index is -1.38. The predicted molar refractivity (Wildman–Crippen MR) is 63.9 cm³/mol. The van der Waals surface area contributed by atoms with Crippen LogP contribution in [-0.2, 0) is 10.3 Å². The molecule has 0 radical (unpaired) electrons. The summed E-state index contributed by atoms with van der Waals surface area (Å²) in [7, 11) is 0. The standard InChI is InChI=1S/C13H18O5/c1-8-2-4-9(5-3-8)13(7-14)12(17)11(16)10(15)6-18-13/h2-5,10-12,14-17H,6-7H2,1H3/t10-,11-,12+,13+/m1/s1. The molecule has 2 rings (SSSR count). The van der Waals surface area contributed by atoms with E-state index in [1.165, 1.54) is 0 Å². The molecule has 1 aliphatic rings. The van der Waals surface area contributed by atoms with E-state index in [1.807, 2.05) is 19.1 Å². The highest BCUT2D eigenvalue weighted by Gasteiger charge is 2.50. The zero-order valence-electron chi connectivity index (χ0n) is 10.2. The zero-order valence-corrected chi connectivity index (χ0v) is 10.2. The Morgan fingerprint density at radius 2 is 1.83 bits per heavy atom. The van der Waals surface area contributed by atoms with Crippen LogP contribution >= 0.6 is 0 Å². The molecule has 0 unspecified atom stereocenters. The van der Waals surface area contributed by atoms with Crippen molar-refractivity contribution in [3.63, 3.8) is 0 Å². The van der Waals surface area contributed by atoms with Crippen molar-refractivity contribution in [2.75, 3.05) is 13.2 Å². The number of hydrogen-bond donors (Lipinski definition) is 4. The Hall–Kier alpha value is -0.980. The molecule has 1 heterocycles. The predicted octanol–water partition coefficient (Wildman–Crippen LogP) is -0.704. The van der Waals surface area contributed by atoms with Crippen LogP contribution in [-0.4, -0.2) is 52.0 Å². The fourth-order valence-electron chi connectivity index (χ4n) is 2.22. The Balaban J connectivity index is 2.38. The summed E-state index contributed by atoms with van der Waals surface area (Å²) in [5.74, 6) is 0. The quantitative estimate of drug-likeness (QED) is 0.560. The van der Waals surface area contributed by atoms with Crippen molar-refractivity contribution < 1.29 is 25.2 Å². The van der Waals surface area contributed by atoms with Gasteiger partial charge in [0.25, 0.3) is 0 Å². The maximum Gasteiger partial charge on any atom is 0.144 e. The van der Waals surface area contributed by atoms with Gasteiger partial charge in [-0.1, -0.05) is 29.8 Å². The van der Waals surface area contributed by atoms with Gasteiger partial charge in [0.05, 0.1) is 13.2 Å². The van der Waals surface area contributed by atoms with E-state index >= 15 is 0 Å². The smallest absolute Gasteiger partial charge is 0.144 e. The van der Waals surface area contributed by atoms with E-state index in [2.05, 4.69) is 0 Å². The van der Waals surface area contributed by atoms with Crippen molar-refractivity contribution in [3.8, 4) is 0 Å². The van der Waals surface area contributed by atoms with E-state index < -0.39 is 30.5 Å². The molecule has 1 aliphatic heterocycles. The summed E-state index contributed by atoms with van der Waals surface area (Å²) in [6, 6.07) is 7.14. The van der Waals surface area contributed by atoms with Gasteiger partial charge in [-0.3, -0.25) is 0 Å². The van der Waals surface area contributed by atoms with Crippen LogP contribution in [0.2, 0.25) is 0 Å². The second-order valence-corrected chi connectivity index (χ2v) is 4.73. The topological polar surface area (TPSA) is 90.2 Å². The summed E-state index contributed by atoms with van der Waals surface area (Å²) in [4.78, 5) is 0. The van der Waals surface area contributed by atoms with Gasteiger partial charge in [-0.05, 0) is 12.5 Å². The number of benzene rings is 1.